The minimum absolute atomic E-state index is 0.134. The van der Waals surface area contributed by atoms with E-state index in [2.05, 4.69) is 5.32 Å². The first kappa shape index (κ1) is 11.7. The monoisotopic (exact) mass is 273 g/mol. The molecule has 0 unspecified atom stereocenters. The summed E-state index contributed by atoms with van der Waals surface area (Å²) in [6, 6.07) is 5.42. The summed E-state index contributed by atoms with van der Waals surface area (Å²) in [7, 11) is 0. The van der Waals surface area contributed by atoms with Crippen LogP contribution in [0.15, 0.2) is 18.2 Å². The van der Waals surface area contributed by atoms with Crippen molar-refractivity contribution in [2.45, 2.75) is 6.92 Å². The van der Waals surface area contributed by atoms with Crippen molar-refractivity contribution in [2.75, 3.05) is 6.54 Å². The predicted octanol–water partition coefficient (Wildman–Crippen LogP) is 3.96. The Kier molecular flexibility index (Phi) is 3.38. The van der Waals surface area contributed by atoms with Crippen LogP contribution in [0.4, 0.5) is 0 Å². The van der Waals surface area contributed by atoms with Gasteiger partial charge in [-0.3, -0.25) is 4.79 Å². The van der Waals surface area contributed by atoms with Gasteiger partial charge in [0.1, 0.15) is 4.88 Å². The Morgan fingerprint density at radius 3 is 2.88 bits per heavy atom. The molecule has 1 N–H and O–H groups in total. The van der Waals surface area contributed by atoms with Crippen molar-refractivity contribution in [1.29, 1.82) is 0 Å². The van der Waals surface area contributed by atoms with Crippen LogP contribution in [-0.4, -0.2) is 12.5 Å². The largest absolute Gasteiger partial charge is 0.352 e. The molecular formula is C11H9Cl2NOS. The molecule has 0 spiro atoms. The summed E-state index contributed by atoms with van der Waals surface area (Å²) >= 11 is 13.4. The van der Waals surface area contributed by atoms with E-state index in [0.717, 1.165) is 10.1 Å². The minimum Gasteiger partial charge on any atom is -0.352 e. The van der Waals surface area contributed by atoms with E-state index in [0.29, 0.717) is 21.5 Å². The quantitative estimate of drug-likeness (QED) is 0.882. The highest BCUT2D eigenvalue weighted by Gasteiger charge is 2.16. The molecule has 0 radical (unpaired) electrons. The van der Waals surface area contributed by atoms with Crippen LogP contribution in [0, 0.1) is 0 Å². The summed E-state index contributed by atoms with van der Waals surface area (Å²) in [5.41, 5.74) is 0. The summed E-state index contributed by atoms with van der Waals surface area (Å²) in [4.78, 5) is 12.2. The molecule has 5 heteroatoms. The number of nitrogens with one attached hydrogen (secondary N) is 1. The molecule has 0 aliphatic rings. The van der Waals surface area contributed by atoms with Crippen LogP contribution in [0.5, 0.6) is 0 Å². The van der Waals surface area contributed by atoms with Crippen LogP contribution in [0.1, 0.15) is 16.6 Å². The van der Waals surface area contributed by atoms with E-state index in [1.807, 2.05) is 19.1 Å². The molecule has 0 aliphatic heterocycles. The molecule has 0 saturated heterocycles. The second-order valence-corrected chi connectivity index (χ2v) is 5.11. The van der Waals surface area contributed by atoms with Crippen LogP contribution in [-0.2, 0) is 0 Å². The van der Waals surface area contributed by atoms with Gasteiger partial charge in [-0.2, -0.15) is 0 Å². The van der Waals surface area contributed by atoms with Crippen LogP contribution < -0.4 is 5.32 Å². The first-order valence-electron chi connectivity index (χ1n) is 4.79. The Morgan fingerprint density at radius 1 is 1.44 bits per heavy atom. The number of benzene rings is 1. The van der Waals surface area contributed by atoms with Gasteiger partial charge >= 0.3 is 0 Å². The van der Waals surface area contributed by atoms with Crippen molar-refractivity contribution >= 4 is 50.5 Å². The number of thiophene rings is 1. The number of halogens is 2. The molecule has 84 valence electrons. The van der Waals surface area contributed by atoms with Gasteiger partial charge in [0.25, 0.3) is 5.91 Å². The molecule has 2 aromatic rings. The average Bonchev–Trinajstić information content (AvgIpc) is 2.56. The van der Waals surface area contributed by atoms with Gasteiger partial charge in [0, 0.05) is 21.7 Å². The van der Waals surface area contributed by atoms with Crippen LogP contribution >= 0.6 is 34.5 Å². The van der Waals surface area contributed by atoms with Gasteiger partial charge < -0.3 is 5.32 Å². The summed E-state index contributed by atoms with van der Waals surface area (Å²) in [6.45, 7) is 2.46. The van der Waals surface area contributed by atoms with Crippen LogP contribution in [0.3, 0.4) is 0 Å². The Labute approximate surface area is 107 Å². The zero-order valence-corrected chi connectivity index (χ0v) is 10.8. The molecule has 2 nitrogen and oxygen atoms in total. The Balaban J connectivity index is 2.55. The minimum atomic E-state index is -0.134. The lowest BCUT2D eigenvalue weighted by atomic mass is 10.2. The third-order valence-corrected chi connectivity index (χ3v) is 4.03. The number of rotatable bonds is 2. The van der Waals surface area contributed by atoms with Crippen molar-refractivity contribution < 1.29 is 4.79 Å². The Hall–Kier alpha value is -0.770. The SMILES string of the molecule is CCNC(=O)c1sc2cc(Cl)ccc2c1Cl. The van der Waals surface area contributed by atoms with Crippen molar-refractivity contribution in [3.63, 3.8) is 0 Å². The standard InChI is InChI=1S/C11H9Cl2NOS/c1-2-14-11(15)10-9(13)7-4-3-6(12)5-8(7)16-10/h3-5H,2H2,1H3,(H,14,15). The Morgan fingerprint density at radius 2 is 2.19 bits per heavy atom. The molecule has 1 aromatic heterocycles. The average molecular weight is 274 g/mol. The van der Waals surface area contributed by atoms with E-state index < -0.39 is 0 Å². The number of carbonyl (C=O) groups excluding carboxylic acids is 1. The topological polar surface area (TPSA) is 29.1 Å². The van der Waals surface area contributed by atoms with Gasteiger partial charge in [0.15, 0.2) is 0 Å². The van der Waals surface area contributed by atoms with E-state index in [1.165, 1.54) is 11.3 Å². The van der Waals surface area contributed by atoms with Gasteiger partial charge in [-0.1, -0.05) is 29.3 Å². The smallest absolute Gasteiger partial charge is 0.262 e. The first-order valence-corrected chi connectivity index (χ1v) is 6.36. The van der Waals surface area contributed by atoms with E-state index in [1.54, 1.807) is 6.07 Å². The molecule has 1 aromatic carbocycles. The molecule has 2 rings (SSSR count). The van der Waals surface area contributed by atoms with Gasteiger partial charge in [0.05, 0.1) is 5.02 Å². The molecule has 16 heavy (non-hydrogen) atoms. The number of fused-ring (bicyclic) bond motifs is 1. The second kappa shape index (κ2) is 4.62. The molecule has 0 fully saturated rings. The number of amides is 1. The second-order valence-electron chi connectivity index (χ2n) is 3.25. The number of hydrogen-bond acceptors (Lipinski definition) is 2. The van der Waals surface area contributed by atoms with Crippen LogP contribution in [0.2, 0.25) is 10.0 Å². The highest BCUT2D eigenvalue weighted by atomic mass is 35.5. The normalized spacial score (nSPS) is 10.7. The summed E-state index contributed by atoms with van der Waals surface area (Å²) in [5, 5.41) is 4.75. The van der Waals surface area contributed by atoms with E-state index in [4.69, 9.17) is 23.2 Å². The molecular weight excluding hydrogens is 265 g/mol. The van der Waals surface area contributed by atoms with E-state index in [-0.39, 0.29) is 5.91 Å². The first-order chi connectivity index (χ1) is 7.63. The molecule has 0 saturated carbocycles. The number of hydrogen-bond donors (Lipinski definition) is 1. The van der Waals surface area contributed by atoms with E-state index in [9.17, 15) is 4.79 Å². The van der Waals surface area contributed by atoms with Gasteiger partial charge in [-0.05, 0) is 19.1 Å². The summed E-state index contributed by atoms with van der Waals surface area (Å²) in [5.74, 6) is -0.134. The molecule has 0 bridgehead atoms. The van der Waals surface area contributed by atoms with E-state index >= 15 is 0 Å². The van der Waals surface area contributed by atoms with Crippen molar-refractivity contribution in [1.82, 2.24) is 5.32 Å². The Bertz CT molecular complexity index is 550. The third kappa shape index (κ3) is 2.03. The molecule has 1 heterocycles. The summed E-state index contributed by atoms with van der Waals surface area (Å²) in [6.07, 6.45) is 0. The zero-order valence-electron chi connectivity index (χ0n) is 8.51. The van der Waals surface area contributed by atoms with Gasteiger partial charge in [-0.15, -0.1) is 11.3 Å². The van der Waals surface area contributed by atoms with Gasteiger partial charge in [-0.25, -0.2) is 0 Å². The maximum absolute atomic E-state index is 11.7. The maximum Gasteiger partial charge on any atom is 0.262 e. The molecule has 0 atom stereocenters. The molecule has 1 amide bonds. The fourth-order valence-corrected chi connectivity index (χ4v) is 3.14. The fourth-order valence-electron chi connectivity index (χ4n) is 1.43. The zero-order chi connectivity index (χ0) is 11.7. The highest BCUT2D eigenvalue weighted by molar-refractivity contribution is 7.21. The number of carbonyl (C=O) groups is 1. The third-order valence-electron chi connectivity index (χ3n) is 2.14. The summed E-state index contributed by atoms with van der Waals surface area (Å²) < 4.78 is 0.929. The van der Waals surface area contributed by atoms with Crippen molar-refractivity contribution in [3.05, 3.63) is 33.1 Å². The van der Waals surface area contributed by atoms with Crippen molar-refractivity contribution in [2.24, 2.45) is 0 Å². The lowest BCUT2D eigenvalue weighted by Crippen LogP contribution is -2.21. The van der Waals surface area contributed by atoms with Crippen LogP contribution in [0.25, 0.3) is 10.1 Å². The fraction of sp³-hybridized carbons (Fsp3) is 0.182. The molecule has 0 aliphatic carbocycles. The maximum atomic E-state index is 11.7. The lowest BCUT2D eigenvalue weighted by molar-refractivity contribution is 0.0960. The van der Waals surface area contributed by atoms with Crippen molar-refractivity contribution in [3.8, 4) is 0 Å². The predicted molar refractivity (Wildman–Crippen MR) is 69.9 cm³/mol. The lowest BCUT2D eigenvalue weighted by Gasteiger charge is -1.98. The van der Waals surface area contributed by atoms with Gasteiger partial charge in [0.2, 0.25) is 0 Å². The highest BCUT2D eigenvalue weighted by Crippen LogP contribution is 2.36.